The second-order valence-electron chi connectivity index (χ2n) is 3.67. The van der Waals surface area contributed by atoms with Crippen LogP contribution in [0.4, 0.5) is 5.13 Å². The number of carboxylic acid groups (broad SMARTS) is 1. The standard InChI is InChI=1S/C11H11N3O2S/c1-11(9(15)16,8-5-3-2-4-6-8)13-10-14-12-7-17-10/h2-7H,1H3,(H,13,14)(H,15,16). The first-order valence-corrected chi connectivity index (χ1v) is 5.84. The van der Waals surface area contributed by atoms with Crippen LogP contribution in [0.15, 0.2) is 35.8 Å². The number of hydrogen-bond acceptors (Lipinski definition) is 5. The van der Waals surface area contributed by atoms with Crippen molar-refractivity contribution in [1.82, 2.24) is 10.2 Å². The van der Waals surface area contributed by atoms with Gasteiger partial charge in [-0.05, 0) is 12.5 Å². The summed E-state index contributed by atoms with van der Waals surface area (Å²) in [6.07, 6.45) is 0. The summed E-state index contributed by atoms with van der Waals surface area (Å²) >= 11 is 1.27. The van der Waals surface area contributed by atoms with E-state index in [1.165, 1.54) is 11.3 Å². The van der Waals surface area contributed by atoms with E-state index in [-0.39, 0.29) is 0 Å². The Bertz CT molecular complexity index is 501. The van der Waals surface area contributed by atoms with Crippen LogP contribution < -0.4 is 5.32 Å². The van der Waals surface area contributed by atoms with E-state index in [0.29, 0.717) is 10.7 Å². The fourth-order valence-corrected chi connectivity index (χ4v) is 2.01. The number of anilines is 1. The van der Waals surface area contributed by atoms with Gasteiger partial charge in [-0.15, -0.1) is 10.2 Å². The summed E-state index contributed by atoms with van der Waals surface area (Å²) in [6.45, 7) is 1.60. The van der Waals surface area contributed by atoms with Crippen LogP contribution in [0.2, 0.25) is 0 Å². The second kappa shape index (κ2) is 4.50. The zero-order chi connectivity index (χ0) is 12.3. The highest BCUT2D eigenvalue weighted by Gasteiger charge is 2.35. The number of nitrogens with zero attached hydrogens (tertiary/aromatic N) is 2. The van der Waals surface area contributed by atoms with Gasteiger partial charge in [-0.2, -0.15) is 0 Å². The molecule has 0 amide bonds. The zero-order valence-corrected chi connectivity index (χ0v) is 9.94. The lowest BCUT2D eigenvalue weighted by Crippen LogP contribution is -2.40. The molecule has 1 aromatic carbocycles. The number of rotatable bonds is 4. The monoisotopic (exact) mass is 249 g/mol. The van der Waals surface area contributed by atoms with Gasteiger partial charge in [-0.3, -0.25) is 0 Å². The number of hydrogen-bond donors (Lipinski definition) is 2. The van der Waals surface area contributed by atoms with Gasteiger partial charge in [0.2, 0.25) is 5.13 Å². The number of nitrogens with one attached hydrogen (secondary N) is 1. The molecule has 1 heterocycles. The van der Waals surface area contributed by atoms with Gasteiger partial charge in [0.05, 0.1) is 0 Å². The van der Waals surface area contributed by atoms with E-state index in [4.69, 9.17) is 0 Å². The summed E-state index contributed by atoms with van der Waals surface area (Å²) in [5, 5.41) is 20.2. The zero-order valence-electron chi connectivity index (χ0n) is 9.12. The van der Waals surface area contributed by atoms with Crippen LogP contribution in [0.25, 0.3) is 0 Å². The Morgan fingerprint density at radius 3 is 2.65 bits per heavy atom. The summed E-state index contributed by atoms with van der Waals surface area (Å²) in [5.74, 6) is -0.959. The minimum atomic E-state index is -1.21. The Morgan fingerprint density at radius 2 is 2.12 bits per heavy atom. The third-order valence-electron chi connectivity index (χ3n) is 2.50. The van der Waals surface area contributed by atoms with Crippen LogP contribution in [-0.2, 0) is 10.3 Å². The van der Waals surface area contributed by atoms with E-state index in [1.54, 1.807) is 36.7 Å². The number of benzene rings is 1. The molecular formula is C11H11N3O2S. The third kappa shape index (κ3) is 2.26. The predicted octanol–water partition coefficient (Wildman–Crippen LogP) is 1.95. The Labute approximate surface area is 102 Å². The fourth-order valence-electron chi connectivity index (χ4n) is 1.46. The van der Waals surface area contributed by atoms with Crippen molar-refractivity contribution < 1.29 is 9.90 Å². The quantitative estimate of drug-likeness (QED) is 0.866. The molecule has 2 aromatic rings. The van der Waals surface area contributed by atoms with Crippen LogP contribution in [0, 0.1) is 0 Å². The molecule has 0 spiro atoms. The highest BCUT2D eigenvalue weighted by atomic mass is 32.1. The van der Waals surface area contributed by atoms with Crippen LogP contribution >= 0.6 is 11.3 Å². The van der Waals surface area contributed by atoms with Gasteiger partial charge in [0.25, 0.3) is 0 Å². The number of carboxylic acids is 1. The van der Waals surface area contributed by atoms with Gasteiger partial charge in [-0.25, -0.2) is 4.79 Å². The molecule has 0 aliphatic heterocycles. The van der Waals surface area contributed by atoms with Crippen LogP contribution in [0.3, 0.4) is 0 Å². The molecule has 0 aliphatic carbocycles. The van der Waals surface area contributed by atoms with Gasteiger partial charge in [0.1, 0.15) is 5.51 Å². The smallest absolute Gasteiger partial charge is 0.333 e. The van der Waals surface area contributed by atoms with Gasteiger partial charge >= 0.3 is 5.97 Å². The van der Waals surface area contributed by atoms with Gasteiger partial charge < -0.3 is 10.4 Å². The average molecular weight is 249 g/mol. The minimum absolute atomic E-state index is 0.485. The van der Waals surface area contributed by atoms with E-state index in [2.05, 4.69) is 15.5 Å². The maximum Gasteiger partial charge on any atom is 0.333 e. The molecule has 5 nitrogen and oxygen atoms in total. The van der Waals surface area contributed by atoms with Gasteiger partial charge in [0.15, 0.2) is 5.54 Å². The van der Waals surface area contributed by atoms with Crippen molar-refractivity contribution >= 4 is 22.4 Å². The van der Waals surface area contributed by atoms with Crippen molar-refractivity contribution in [3.8, 4) is 0 Å². The fraction of sp³-hybridized carbons (Fsp3) is 0.182. The lowest BCUT2D eigenvalue weighted by Gasteiger charge is -2.26. The van der Waals surface area contributed by atoms with E-state index in [1.807, 2.05) is 6.07 Å². The van der Waals surface area contributed by atoms with E-state index in [0.717, 1.165) is 0 Å². The van der Waals surface area contributed by atoms with Crippen molar-refractivity contribution in [2.45, 2.75) is 12.5 Å². The number of aromatic nitrogens is 2. The molecule has 1 aromatic heterocycles. The lowest BCUT2D eigenvalue weighted by molar-refractivity contribution is -0.142. The molecule has 0 aliphatic rings. The maximum absolute atomic E-state index is 11.4. The molecule has 0 fully saturated rings. The summed E-state index contributed by atoms with van der Waals surface area (Å²) in [5.41, 5.74) is 1.01. The Kier molecular flexibility index (Phi) is 3.06. The number of aliphatic carboxylic acids is 1. The molecular weight excluding hydrogens is 238 g/mol. The van der Waals surface area contributed by atoms with Crippen LogP contribution in [0.5, 0.6) is 0 Å². The Hall–Kier alpha value is -1.95. The topological polar surface area (TPSA) is 75.1 Å². The Balaban J connectivity index is 2.37. The molecule has 17 heavy (non-hydrogen) atoms. The third-order valence-corrected chi connectivity index (χ3v) is 3.10. The summed E-state index contributed by atoms with van der Waals surface area (Å²) in [6, 6.07) is 8.98. The van der Waals surface area contributed by atoms with E-state index >= 15 is 0 Å². The van der Waals surface area contributed by atoms with Gasteiger partial charge in [-0.1, -0.05) is 41.7 Å². The first kappa shape index (κ1) is 11.5. The molecule has 0 saturated heterocycles. The lowest BCUT2D eigenvalue weighted by atomic mass is 9.92. The molecule has 2 N–H and O–H groups in total. The highest BCUT2D eigenvalue weighted by Crippen LogP contribution is 2.26. The Morgan fingerprint density at radius 1 is 1.41 bits per heavy atom. The van der Waals surface area contributed by atoms with Crippen LogP contribution in [0.1, 0.15) is 12.5 Å². The maximum atomic E-state index is 11.4. The molecule has 0 saturated carbocycles. The summed E-state index contributed by atoms with van der Waals surface area (Å²) < 4.78 is 0. The van der Waals surface area contributed by atoms with Crippen molar-refractivity contribution in [3.63, 3.8) is 0 Å². The SMILES string of the molecule is CC(Nc1nncs1)(C(=O)O)c1ccccc1. The number of carbonyl (C=O) groups is 1. The van der Waals surface area contributed by atoms with Crippen molar-refractivity contribution in [2.24, 2.45) is 0 Å². The largest absolute Gasteiger partial charge is 0.479 e. The highest BCUT2D eigenvalue weighted by molar-refractivity contribution is 7.13. The summed E-state index contributed by atoms with van der Waals surface area (Å²) in [7, 11) is 0. The van der Waals surface area contributed by atoms with Crippen LogP contribution in [-0.4, -0.2) is 21.3 Å². The van der Waals surface area contributed by atoms with E-state index in [9.17, 15) is 9.90 Å². The van der Waals surface area contributed by atoms with Crippen molar-refractivity contribution in [1.29, 1.82) is 0 Å². The summed E-state index contributed by atoms with van der Waals surface area (Å²) in [4.78, 5) is 11.4. The molecule has 0 bridgehead atoms. The van der Waals surface area contributed by atoms with Gasteiger partial charge in [0, 0.05) is 0 Å². The normalized spacial score (nSPS) is 13.9. The predicted molar refractivity (Wildman–Crippen MR) is 65.0 cm³/mol. The molecule has 1 unspecified atom stereocenters. The molecule has 2 rings (SSSR count). The average Bonchev–Trinajstić information content (AvgIpc) is 2.82. The van der Waals surface area contributed by atoms with Crippen molar-refractivity contribution in [3.05, 3.63) is 41.4 Å². The molecule has 0 radical (unpaired) electrons. The molecule has 88 valence electrons. The van der Waals surface area contributed by atoms with Crippen molar-refractivity contribution in [2.75, 3.05) is 5.32 Å². The first-order chi connectivity index (χ1) is 8.13. The molecule has 1 atom stereocenters. The second-order valence-corrected chi connectivity index (χ2v) is 4.50. The minimum Gasteiger partial charge on any atom is -0.479 e. The first-order valence-electron chi connectivity index (χ1n) is 4.96. The van der Waals surface area contributed by atoms with E-state index < -0.39 is 11.5 Å². The molecule has 6 heteroatoms.